The molecule has 3 amide bonds. The summed E-state index contributed by atoms with van der Waals surface area (Å²) in [5, 5.41) is 19.1. The zero-order valence-corrected chi connectivity index (χ0v) is 15.4. The van der Waals surface area contributed by atoms with Crippen LogP contribution in [0, 0.1) is 10.1 Å². The molecule has 0 spiro atoms. The van der Waals surface area contributed by atoms with Crippen molar-refractivity contribution in [3.63, 3.8) is 0 Å². The average Bonchev–Trinajstić information content (AvgIpc) is 2.68. The number of benzene rings is 2. The molecule has 0 fully saturated rings. The third-order valence-electron chi connectivity index (χ3n) is 3.34. The number of methoxy groups -OCH3 is 1. The number of halogens is 1. The summed E-state index contributed by atoms with van der Waals surface area (Å²) in [6, 6.07) is 9.91. The van der Waals surface area contributed by atoms with Crippen LogP contribution < -0.4 is 20.8 Å². The summed E-state index contributed by atoms with van der Waals surface area (Å²) in [4.78, 5) is 33.5. The monoisotopic (exact) mass is 405 g/mol. The second kappa shape index (κ2) is 9.88. The van der Waals surface area contributed by atoms with Gasteiger partial charge in [0.25, 0.3) is 11.6 Å². The van der Waals surface area contributed by atoms with E-state index >= 15 is 0 Å². The predicted molar refractivity (Wildman–Crippen MR) is 104 cm³/mol. The van der Waals surface area contributed by atoms with Crippen LogP contribution in [-0.4, -0.2) is 36.7 Å². The van der Waals surface area contributed by atoms with E-state index < -0.39 is 16.9 Å². The summed E-state index contributed by atoms with van der Waals surface area (Å²) in [6.07, 6.45) is 1.44. The highest BCUT2D eigenvalue weighted by atomic mass is 35.5. The van der Waals surface area contributed by atoms with Crippen LogP contribution in [0.2, 0.25) is 5.02 Å². The largest absolute Gasteiger partial charge is 0.497 e. The number of carbonyl (C=O) groups is 2. The summed E-state index contributed by atoms with van der Waals surface area (Å²) in [6.45, 7) is -0.337. The minimum absolute atomic E-state index is 0.00195. The third-order valence-corrected chi connectivity index (χ3v) is 3.65. The second-order valence-electron chi connectivity index (χ2n) is 5.30. The molecule has 2 rings (SSSR count). The van der Waals surface area contributed by atoms with Gasteiger partial charge in [0, 0.05) is 12.1 Å². The number of anilines is 1. The van der Waals surface area contributed by atoms with E-state index in [0.29, 0.717) is 5.75 Å². The number of urea groups is 1. The number of nitrogens with zero attached hydrogens (tertiary/aromatic N) is 2. The number of ether oxygens (including phenoxy) is 1. The minimum Gasteiger partial charge on any atom is -0.497 e. The first-order valence-electron chi connectivity index (χ1n) is 7.84. The molecule has 11 heteroatoms. The molecular formula is C17H16ClN5O5. The van der Waals surface area contributed by atoms with Gasteiger partial charge in [0.1, 0.15) is 12.3 Å². The Hall–Kier alpha value is -3.66. The van der Waals surface area contributed by atoms with Crippen molar-refractivity contribution in [3.8, 4) is 5.75 Å². The van der Waals surface area contributed by atoms with Crippen molar-refractivity contribution in [2.75, 3.05) is 19.0 Å². The highest BCUT2D eigenvalue weighted by Gasteiger charge is 2.12. The van der Waals surface area contributed by atoms with Crippen molar-refractivity contribution < 1.29 is 19.2 Å². The van der Waals surface area contributed by atoms with Crippen LogP contribution in [0.1, 0.15) is 5.56 Å². The van der Waals surface area contributed by atoms with Gasteiger partial charge in [-0.25, -0.2) is 10.2 Å². The number of amides is 3. The van der Waals surface area contributed by atoms with Crippen molar-refractivity contribution in [3.05, 3.63) is 63.2 Å². The molecule has 146 valence electrons. The lowest BCUT2D eigenvalue weighted by molar-refractivity contribution is -0.384. The Morgan fingerprint density at radius 1 is 1.25 bits per heavy atom. The predicted octanol–water partition coefficient (Wildman–Crippen LogP) is 2.53. The summed E-state index contributed by atoms with van der Waals surface area (Å²) in [5.41, 5.74) is 2.98. The highest BCUT2D eigenvalue weighted by molar-refractivity contribution is 6.33. The molecule has 0 aliphatic heterocycles. The minimum atomic E-state index is -0.704. The smallest absolute Gasteiger partial charge is 0.319 e. The molecule has 0 unspecified atom stereocenters. The summed E-state index contributed by atoms with van der Waals surface area (Å²) < 4.78 is 5.03. The fraction of sp³-hybridized carbons (Fsp3) is 0.118. The van der Waals surface area contributed by atoms with Crippen LogP contribution in [0.15, 0.2) is 47.6 Å². The molecule has 0 saturated carbocycles. The molecule has 28 heavy (non-hydrogen) atoms. The molecule has 0 aliphatic carbocycles. The number of hydrogen-bond acceptors (Lipinski definition) is 6. The molecule has 0 radical (unpaired) electrons. The molecule has 0 saturated heterocycles. The molecular weight excluding hydrogens is 390 g/mol. The zero-order chi connectivity index (χ0) is 20.5. The average molecular weight is 406 g/mol. The first-order chi connectivity index (χ1) is 13.4. The van der Waals surface area contributed by atoms with Crippen LogP contribution >= 0.6 is 11.6 Å². The van der Waals surface area contributed by atoms with Crippen LogP contribution in [-0.2, 0) is 4.79 Å². The summed E-state index contributed by atoms with van der Waals surface area (Å²) in [7, 11) is 1.56. The van der Waals surface area contributed by atoms with E-state index in [0.717, 1.165) is 11.6 Å². The summed E-state index contributed by atoms with van der Waals surface area (Å²) >= 11 is 5.87. The van der Waals surface area contributed by atoms with Gasteiger partial charge in [-0.3, -0.25) is 14.9 Å². The molecule has 0 atom stereocenters. The maximum absolute atomic E-state index is 11.8. The number of hydrogen-bond donors (Lipinski definition) is 3. The van der Waals surface area contributed by atoms with Crippen molar-refractivity contribution >= 4 is 41.1 Å². The van der Waals surface area contributed by atoms with Gasteiger partial charge in [-0.05, 0) is 35.9 Å². The van der Waals surface area contributed by atoms with Gasteiger partial charge >= 0.3 is 6.03 Å². The Kier molecular flexibility index (Phi) is 7.28. The van der Waals surface area contributed by atoms with E-state index in [1.165, 1.54) is 18.3 Å². The number of carbonyl (C=O) groups excluding carboxylic acids is 2. The number of rotatable bonds is 7. The lowest BCUT2D eigenvalue weighted by Crippen LogP contribution is -2.37. The second-order valence-corrected chi connectivity index (χ2v) is 5.70. The first-order valence-corrected chi connectivity index (χ1v) is 8.21. The fourth-order valence-electron chi connectivity index (χ4n) is 1.95. The maximum atomic E-state index is 11.8. The standard InChI is InChI=1S/C17H16ClN5O5/c1-28-13-5-2-11(3-6-13)9-20-22-16(24)10-19-17(25)21-15-7-4-12(23(26)27)8-14(15)18/h2-9H,10H2,1H3,(H,22,24)(H2,19,21,25)/b20-9+. The topological polar surface area (TPSA) is 135 Å². The van der Waals surface area contributed by atoms with E-state index in [2.05, 4.69) is 21.2 Å². The van der Waals surface area contributed by atoms with Crippen LogP contribution in [0.4, 0.5) is 16.2 Å². The molecule has 0 aromatic heterocycles. The molecule has 2 aromatic rings. The number of nitro groups is 1. The van der Waals surface area contributed by atoms with Gasteiger partial charge in [-0.15, -0.1) is 0 Å². The summed E-state index contributed by atoms with van der Waals surface area (Å²) in [5.74, 6) is 0.152. The molecule has 0 aliphatic rings. The number of non-ortho nitro benzene ring substituents is 1. The maximum Gasteiger partial charge on any atom is 0.319 e. The van der Waals surface area contributed by atoms with Crippen molar-refractivity contribution in [2.24, 2.45) is 5.10 Å². The Morgan fingerprint density at radius 2 is 1.96 bits per heavy atom. The van der Waals surface area contributed by atoms with Gasteiger partial charge in [-0.2, -0.15) is 5.10 Å². The Labute approximate surface area is 164 Å². The molecule has 10 nitrogen and oxygen atoms in total. The van der Waals surface area contributed by atoms with Crippen molar-refractivity contribution in [1.29, 1.82) is 0 Å². The lowest BCUT2D eigenvalue weighted by Gasteiger charge is -2.08. The third kappa shape index (κ3) is 6.25. The quantitative estimate of drug-likeness (QED) is 0.369. The van der Waals surface area contributed by atoms with Gasteiger partial charge in [0.2, 0.25) is 0 Å². The molecule has 0 heterocycles. The Bertz CT molecular complexity index is 901. The van der Waals surface area contributed by atoms with Crippen molar-refractivity contribution in [2.45, 2.75) is 0 Å². The number of nitro benzene ring substituents is 1. The Morgan fingerprint density at radius 3 is 2.57 bits per heavy atom. The molecule has 0 bridgehead atoms. The van der Waals surface area contributed by atoms with Gasteiger partial charge in [0.15, 0.2) is 0 Å². The van der Waals surface area contributed by atoms with E-state index in [9.17, 15) is 19.7 Å². The van der Waals surface area contributed by atoms with Crippen LogP contribution in [0.3, 0.4) is 0 Å². The first kappa shape index (κ1) is 20.6. The van der Waals surface area contributed by atoms with Crippen LogP contribution in [0.5, 0.6) is 5.75 Å². The molecule has 2 aromatic carbocycles. The van der Waals surface area contributed by atoms with Gasteiger partial charge in [0.05, 0.1) is 29.0 Å². The highest BCUT2D eigenvalue weighted by Crippen LogP contribution is 2.26. The van der Waals surface area contributed by atoms with E-state index in [1.807, 2.05) is 0 Å². The Balaban J connectivity index is 1.78. The van der Waals surface area contributed by atoms with Gasteiger partial charge in [-0.1, -0.05) is 11.6 Å². The zero-order valence-electron chi connectivity index (χ0n) is 14.6. The SMILES string of the molecule is COc1ccc(/C=N/NC(=O)CNC(=O)Nc2ccc([N+](=O)[O-])cc2Cl)cc1. The van der Waals surface area contributed by atoms with Gasteiger partial charge < -0.3 is 15.4 Å². The van der Waals surface area contributed by atoms with Crippen molar-refractivity contribution in [1.82, 2.24) is 10.7 Å². The normalized spacial score (nSPS) is 10.4. The van der Waals surface area contributed by atoms with E-state index in [-0.39, 0.29) is 22.9 Å². The fourth-order valence-corrected chi connectivity index (χ4v) is 2.18. The van der Waals surface area contributed by atoms with E-state index in [4.69, 9.17) is 16.3 Å². The van der Waals surface area contributed by atoms with E-state index in [1.54, 1.807) is 31.4 Å². The molecule has 3 N–H and O–H groups in total. The lowest BCUT2D eigenvalue weighted by atomic mass is 10.2. The number of hydrazone groups is 1. The number of nitrogens with one attached hydrogen (secondary N) is 3. The van der Waals surface area contributed by atoms with Crippen LogP contribution in [0.25, 0.3) is 0 Å².